The van der Waals surface area contributed by atoms with E-state index in [0.29, 0.717) is 26.1 Å². The highest BCUT2D eigenvalue weighted by molar-refractivity contribution is 9.11. The van der Waals surface area contributed by atoms with Crippen molar-refractivity contribution >= 4 is 43.5 Å². The average Bonchev–Trinajstić information content (AvgIpc) is 2.63. The number of ether oxygens (including phenoxy) is 2. The van der Waals surface area contributed by atoms with Crippen LogP contribution in [-0.4, -0.2) is 29.5 Å². The normalized spacial score (nSPS) is 12.2. The maximum Gasteiger partial charge on any atom is 0.330 e. The number of carbonyl (C=O) groups is 1. The highest BCUT2D eigenvalue weighted by Gasteiger charge is 2.14. The molecule has 2 aromatic carbocycles. The van der Waals surface area contributed by atoms with E-state index in [1.54, 1.807) is 30.3 Å². The summed E-state index contributed by atoms with van der Waals surface area (Å²) in [5, 5.41) is 22.7. The zero-order chi connectivity index (χ0) is 20.8. The molecule has 0 aliphatic heterocycles. The molecule has 2 aromatic rings. The first-order valence-electron chi connectivity index (χ1n) is 8.41. The van der Waals surface area contributed by atoms with E-state index in [-0.39, 0.29) is 11.7 Å². The molecule has 0 aromatic heterocycles. The molecule has 0 bridgehead atoms. The Bertz CT molecular complexity index is 860. The van der Waals surface area contributed by atoms with Gasteiger partial charge in [-0.25, -0.2) is 4.79 Å². The first-order chi connectivity index (χ1) is 13.2. The third kappa shape index (κ3) is 5.98. The van der Waals surface area contributed by atoms with Crippen LogP contribution >= 0.6 is 31.9 Å². The van der Waals surface area contributed by atoms with Crippen molar-refractivity contribution in [2.75, 3.05) is 12.4 Å². The highest BCUT2D eigenvalue weighted by atomic mass is 79.9. The number of halogens is 2. The summed E-state index contributed by atoms with van der Waals surface area (Å²) in [5.41, 5.74) is 1.39. The zero-order valence-corrected chi connectivity index (χ0v) is 18.7. The van der Waals surface area contributed by atoms with Crippen molar-refractivity contribution in [1.82, 2.24) is 0 Å². The van der Waals surface area contributed by atoms with Crippen molar-refractivity contribution in [2.24, 2.45) is 0 Å². The molecule has 0 radical (unpaired) electrons. The van der Waals surface area contributed by atoms with Crippen molar-refractivity contribution in [3.8, 4) is 17.2 Å². The van der Waals surface area contributed by atoms with Gasteiger partial charge in [0, 0.05) is 17.3 Å². The Morgan fingerprint density at radius 2 is 1.82 bits per heavy atom. The number of aliphatic hydroxyl groups is 1. The predicted octanol–water partition coefficient (Wildman–Crippen LogP) is 5.29. The smallest absolute Gasteiger partial charge is 0.330 e. The molecule has 0 heterocycles. The van der Waals surface area contributed by atoms with E-state index in [1.807, 2.05) is 13.8 Å². The molecule has 1 unspecified atom stereocenters. The minimum atomic E-state index is -1.07. The van der Waals surface area contributed by atoms with Crippen LogP contribution in [0.5, 0.6) is 17.2 Å². The van der Waals surface area contributed by atoms with E-state index in [9.17, 15) is 15.0 Å². The van der Waals surface area contributed by atoms with Gasteiger partial charge in [-0.05, 0) is 74.2 Å². The van der Waals surface area contributed by atoms with E-state index in [1.165, 1.54) is 13.2 Å². The molecule has 0 spiro atoms. The molecular formula is C20H21Br2NO5. The largest absolute Gasteiger partial charge is 0.508 e. The van der Waals surface area contributed by atoms with Crippen LogP contribution in [-0.2, 0) is 9.53 Å². The monoisotopic (exact) mass is 513 g/mol. The molecule has 1 atom stereocenters. The number of phenolic OH excluding ortho intramolecular Hbond substituents is 1. The molecule has 0 aliphatic carbocycles. The molecule has 0 fully saturated rings. The maximum absolute atomic E-state index is 11.1. The number of carbonyl (C=O) groups excluding carboxylic acids is 1. The lowest BCUT2D eigenvalue weighted by atomic mass is 10.0. The Kier molecular flexibility index (Phi) is 7.91. The Labute approximate surface area is 180 Å². The highest BCUT2D eigenvalue weighted by Crippen LogP contribution is 2.40. The first-order valence-corrected chi connectivity index (χ1v) is 10.0. The number of nitrogens with one attached hydrogen (secondary N) is 1. The van der Waals surface area contributed by atoms with E-state index in [2.05, 4.69) is 41.9 Å². The number of esters is 1. The second kappa shape index (κ2) is 9.95. The van der Waals surface area contributed by atoms with Gasteiger partial charge in [0.2, 0.25) is 0 Å². The number of hydrogen-bond donors (Lipinski definition) is 3. The summed E-state index contributed by atoms with van der Waals surface area (Å²) < 4.78 is 11.7. The van der Waals surface area contributed by atoms with Gasteiger partial charge >= 0.3 is 5.97 Å². The van der Waals surface area contributed by atoms with Gasteiger partial charge in [0.05, 0.1) is 16.1 Å². The van der Waals surface area contributed by atoms with Gasteiger partial charge in [0.15, 0.2) is 5.75 Å². The fraction of sp³-hybridized carbons (Fsp3) is 0.250. The molecule has 0 aliphatic rings. The summed E-state index contributed by atoms with van der Waals surface area (Å²) in [4.78, 5) is 11.1. The number of rotatable bonds is 7. The van der Waals surface area contributed by atoms with Crippen LogP contribution in [0.25, 0.3) is 0 Å². The quantitative estimate of drug-likeness (QED) is 0.264. The topological polar surface area (TPSA) is 88.0 Å². The Morgan fingerprint density at radius 3 is 2.39 bits per heavy atom. The van der Waals surface area contributed by atoms with Crippen LogP contribution in [0.2, 0.25) is 0 Å². The summed E-state index contributed by atoms with van der Waals surface area (Å²) in [7, 11) is 1.26. The van der Waals surface area contributed by atoms with Crippen LogP contribution in [0, 0.1) is 0 Å². The minimum absolute atomic E-state index is 0.154. The second-order valence-corrected chi connectivity index (χ2v) is 7.93. The maximum atomic E-state index is 11.1. The lowest BCUT2D eigenvalue weighted by molar-refractivity contribution is -0.134. The predicted molar refractivity (Wildman–Crippen MR) is 115 cm³/mol. The molecule has 0 amide bonds. The van der Waals surface area contributed by atoms with E-state index in [0.717, 1.165) is 11.6 Å². The van der Waals surface area contributed by atoms with E-state index < -0.39 is 12.2 Å². The SMILES string of the molecule is COC(=O)/C=C\C(O)Nc1cc(Br)c(Oc2ccc(O)c(C(C)C)c2)c(Br)c1. The molecule has 2 rings (SSSR count). The number of methoxy groups -OCH3 is 1. The van der Waals surface area contributed by atoms with Crippen LogP contribution in [0.15, 0.2) is 51.4 Å². The van der Waals surface area contributed by atoms with Crippen molar-refractivity contribution in [3.63, 3.8) is 0 Å². The van der Waals surface area contributed by atoms with Gasteiger partial charge in [0.1, 0.15) is 17.7 Å². The van der Waals surface area contributed by atoms with Crippen molar-refractivity contribution in [2.45, 2.75) is 26.0 Å². The molecule has 150 valence electrons. The summed E-state index contributed by atoms with van der Waals surface area (Å²) in [6.45, 7) is 3.98. The number of aromatic hydroxyl groups is 1. The van der Waals surface area contributed by atoms with Crippen molar-refractivity contribution < 1.29 is 24.5 Å². The molecule has 6 nitrogen and oxygen atoms in total. The third-order valence-electron chi connectivity index (χ3n) is 3.77. The van der Waals surface area contributed by atoms with Crippen LogP contribution < -0.4 is 10.1 Å². The number of hydrogen-bond acceptors (Lipinski definition) is 6. The van der Waals surface area contributed by atoms with Gasteiger partial charge in [-0.2, -0.15) is 0 Å². The van der Waals surface area contributed by atoms with Gasteiger partial charge in [-0.3, -0.25) is 0 Å². The first kappa shape index (κ1) is 22.3. The Balaban J connectivity index is 2.19. The van der Waals surface area contributed by atoms with Crippen LogP contribution in [0.4, 0.5) is 5.69 Å². The van der Waals surface area contributed by atoms with Gasteiger partial charge in [0.25, 0.3) is 0 Å². The lowest BCUT2D eigenvalue weighted by Gasteiger charge is -2.16. The van der Waals surface area contributed by atoms with Gasteiger partial charge in [-0.1, -0.05) is 13.8 Å². The van der Waals surface area contributed by atoms with Gasteiger partial charge in [-0.15, -0.1) is 0 Å². The fourth-order valence-corrected chi connectivity index (χ4v) is 3.72. The van der Waals surface area contributed by atoms with Crippen molar-refractivity contribution in [3.05, 3.63) is 57.0 Å². The number of phenols is 1. The fourth-order valence-electron chi connectivity index (χ4n) is 2.37. The third-order valence-corrected chi connectivity index (χ3v) is 4.95. The Morgan fingerprint density at radius 1 is 1.18 bits per heavy atom. The minimum Gasteiger partial charge on any atom is -0.508 e. The average molecular weight is 515 g/mol. The van der Waals surface area contributed by atoms with Crippen LogP contribution in [0.1, 0.15) is 25.3 Å². The standard InChI is InChI=1S/C20H21Br2NO5/c1-11(2)14-10-13(4-5-17(14)24)28-20-15(21)8-12(9-16(20)22)23-18(25)6-7-19(26)27-3/h4-11,18,23-25H,1-3H3/b7-6-. The van der Waals surface area contributed by atoms with Crippen molar-refractivity contribution in [1.29, 1.82) is 0 Å². The van der Waals surface area contributed by atoms with Gasteiger partial charge < -0.3 is 25.0 Å². The molecule has 3 N–H and O–H groups in total. The summed E-state index contributed by atoms with van der Waals surface area (Å²) >= 11 is 6.93. The lowest BCUT2D eigenvalue weighted by Crippen LogP contribution is -2.16. The molecular weight excluding hydrogens is 494 g/mol. The second-order valence-electron chi connectivity index (χ2n) is 6.22. The number of anilines is 1. The molecule has 0 saturated heterocycles. The summed E-state index contributed by atoms with van der Waals surface area (Å²) in [5.74, 6) is 0.965. The van der Waals surface area contributed by atoms with E-state index in [4.69, 9.17) is 4.74 Å². The zero-order valence-electron chi connectivity index (χ0n) is 15.6. The molecule has 28 heavy (non-hydrogen) atoms. The summed E-state index contributed by atoms with van der Waals surface area (Å²) in [6, 6.07) is 8.56. The molecule has 0 saturated carbocycles. The number of benzene rings is 2. The number of aliphatic hydroxyl groups excluding tert-OH is 1. The van der Waals surface area contributed by atoms with E-state index >= 15 is 0 Å². The summed E-state index contributed by atoms with van der Waals surface area (Å²) in [6.07, 6.45) is 1.34. The Hall–Kier alpha value is -2.03. The van der Waals surface area contributed by atoms with Crippen LogP contribution in [0.3, 0.4) is 0 Å². The molecule has 8 heteroatoms.